The summed E-state index contributed by atoms with van der Waals surface area (Å²) >= 11 is 0. The van der Waals surface area contributed by atoms with Crippen LogP contribution in [0.4, 0.5) is 10.1 Å². The summed E-state index contributed by atoms with van der Waals surface area (Å²) in [4.78, 5) is 40.4. The molecule has 4 aliphatic rings. The fourth-order valence-corrected chi connectivity index (χ4v) is 5.73. The minimum atomic E-state index is -2.70. The van der Waals surface area contributed by atoms with Gasteiger partial charge in [-0.25, -0.2) is 4.39 Å². The van der Waals surface area contributed by atoms with Gasteiger partial charge in [0, 0.05) is 36.2 Å². The summed E-state index contributed by atoms with van der Waals surface area (Å²) in [6.07, 6.45) is 0.578. The smallest absolute Gasteiger partial charge is 0.255 e. The zero-order valence-corrected chi connectivity index (χ0v) is 17.3. The van der Waals surface area contributed by atoms with E-state index in [-0.39, 0.29) is 35.2 Å². The number of phenolic OH excluding ortho intramolecular Hbond substituents is 1. The number of carbonyl (C=O) groups is 3. The number of hydrogen-bond donors (Lipinski definition) is 6. The second-order valence-electron chi connectivity index (χ2n) is 9.04. The van der Waals surface area contributed by atoms with E-state index >= 15 is 0 Å². The van der Waals surface area contributed by atoms with Crippen molar-refractivity contribution < 1.29 is 39.2 Å². The van der Waals surface area contributed by atoms with Crippen molar-refractivity contribution in [3.05, 3.63) is 39.9 Å². The molecule has 11 heteroatoms. The molecule has 0 radical (unpaired) electrons. The maximum absolute atomic E-state index is 14.7. The van der Waals surface area contributed by atoms with Crippen molar-refractivity contribution in [3.8, 4) is 5.75 Å². The summed E-state index contributed by atoms with van der Waals surface area (Å²) in [5, 5.41) is 43.6. The lowest BCUT2D eigenvalue weighted by molar-refractivity contribution is -0.157. The molecule has 0 unspecified atom stereocenters. The van der Waals surface area contributed by atoms with Crippen LogP contribution in [-0.2, 0) is 20.8 Å². The van der Waals surface area contributed by atoms with Crippen LogP contribution in [0.15, 0.2) is 23.0 Å². The van der Waals surface area contributed by atoms with Crippen LogP contribution >= 0.6 is 0 Å². The first-order valence-corrected chi connectivity index (χ1v) is 10.5. The first-order chi connectivity index (χ1) is 15.5. The van der Waals surface area contributed by atoms with Gasteiger partial charge in [-0.1, -0.05) is 0 Å². The van der Waals surface area contributed by atoms with Gasteiger partial charge in [-0.05, 0) is 25.2 Å². The van der Waals surface area contributed by atoms with Gasteiger partial charge in [0.15, 0.2) is 11.4 Å². The lowest BCUT2D eigenvalue weighted by Crippen LogP contribution is -2.68. The van der Waals surface area contributed by atoms with Crippen molar-refractivity contribution in [1.29, 1.82) is 0 Å². The number of aliphatic hydroxyl groups is 3. The van der Waals surface area contributed by atoms with E-state index in [2.05, 4.69) is 0 Å². The summed E-state index contributed by atoms with van der Waals surface area (Å²) in [7, 11) is 0. The Morgan fingerprint density at radius 3 is 2.45 bits per heavy atom. The number of ketones is 2. The van der Waals surface area contributed by atoms with Crippen molar-refractivity contribution in [2.45, 2.75) is 30.9 Å². The molecule has 1 aromatic carbocycles. The second-order valence-corrected chi connectivity index (χ2v) is 9.04. The van der Waals surface area contributed by atoms with Crippen LogP contribution in [-0.4, -0.2) is 67.5 Å². The first kappa shape index (κ1) is 21.4. The number of nitrogen functional groups attached to an aromatic ring is 1. The van der Waals surface area contributed by atoms with Gasteiger partial charge >= 0.3 is 0 Å². The quantitative estimate of drug-likeness (QED) is 0.198. The van der Waals surface area contributed by atoms with Gasteiger partial charge in [-0.15, -0.1) is 0 Å². The van der Waals surface area contributed by atoms with E-state index in [4.69, 9.17) is 11.5 Å². The highest BCUT2D eigenvalue weighted by Crippen LogP contribution is 2.53. The number of rotatable bonds is 2. The molecule has 2 fully saturated rings. The number of aromatic hydroxyl groups is 1. The number of carbonyl (C=O) groups excluding carboxylic acids is 3. The number of hydrogen-bond acceptors (Lipinski definition) is 9. The molecule has 3 aliphatic carbocycles. The fraction of sp³-hybridized carbons (Fsp3) is 0.409. The molecular weight excluding hydrogens is 437 g/mol. The van der Waals surface area contributed by atoms with Crippen LogP contribution in [0.3, 0.4) is 0 Å². The van der Waals surface area contributed by atoms with E-state index in [1.807, 2.05) is 0 Å². The normalized spacial score (nSPS) is 31.6. The molecule has 1 heterocycles. The van der Waals surface area contributed by atoms with Crippen molar-refractivity contribution in [2.75, 3.05) is 18.8 Å². The van der Waals surface area contributed by atoms with E-state index in [1.165, 1.54) is 0 Å². The van der Waals surface area contributed by atoms with Crippen molar-refractivity contribution in [2.24, 2.45) is 17.6 Å². The second kappa shape index (κ2) is 6.78. The number of nitrogens with two attached hydrogens (primary N) is 2. The van der Waals surface area contributed by atoms with Crippen molar-refractivity contribution >= 4 is 28.9 Å². The average Bonchev–Trinajstić information content (AvgIpc) is 2.70. The number of primary amides is 1. The molecular formula is C22H22FN3O7. The van der Waals surface area contributed by atoms with E-state index < -0.39 is 69.6 Å². The summed E-state index contributed by atoms with van der Waals surface area (Å²) in [6.45, 7) is 0.959. The molecule has 1 saturated heterocycles. The van der Waals surface area contributed by atoms with Crippen LogP contribution in [0.2, 0.25) is 0 Å². The zero-order valence-electron chi connectivity index (χ0n) is 17.3. The highest BCUT2D eigenvalue weighted by atomic mass is 19.1. The van der Waals surface area contributed by atoms with Gasteiger partial charge in [0.25, 0.3) is 5.91 Å². The SMILES string of the molecule is NC(=O)C1=C(O)[C@@]2(O)C(=O)C3=C(O)c4c(O)c(N)cc(F)c4C[C@H]3C[C@H]2[C@H](N2CCC2)C1=O. The Morgan fingerprint density at radius 1 is 1.21 bits per heavy atom. The number of likely N-dealkylation sites (tertiary alicyclic amines) is 1. The number of anilines is 1. The Morgan fingerprint density at radius 2 is 1.88 bits per heavy atom. The molecule has 1 amide bonds. The number of nitrogens with zero attached hydrogens (tertiary/aromatic N) is 1. The van der Waals surface area contributed by atoms with Crippen LogP contribution in [0.5, 0.6) is 5.75 Å². The van der Waals surface area contributed by atoms with Crippen LogP contribution in [0, 0.1) is 17.7 Å². The van der Waals surface area contributed by atoms with Gasteiger partial charge < -0.3 is 31.9 Å². The number of halogens is 1. The molecule has 10 nitrogen and oxygen atoms in total. The van der Waals surface area contributed by atoms with Crippen molar-refractivity contribution in [1.82, 2.24) is 4.90 Å². The van der Waals surface area contributed by atoms with E-state index in [0.29, 0.717) is 13.1 Å². The first-order valence-electron chi connectivity index (χ1n) is 10.5. The zero-order chi connectivity index (χ0) is 24.0. The Labute approximate surface area is 186 Å². The van der Waals surface area contributed by atoms with E-state index in [9.17, 15) is 39.2 Å². The average molecular weight is 459 g/mol. The summed E-state index contributed by atoms with van der Waals surface area (Å²) < 4.78 is 14.7. The Balaban J connectivity index is 1.74. The molecule has 8 N–H and O–H groups in total. The third-order valence-corrected chi connectivity index (χ3v) is 7.42. The van der Waals surface area contributed by atoms with Gasteiger partial charge in [-0.2, -0.15) is 0 Å². The number of aliphatic hydroxyl groups excluding tert-OH is 2. The number of fused-ring (bicyclic) bond motifs is 3. The highest BCUT2D eigenvalue weighted by Gasteiger charge is 2.65. The van der Waals surface area contributed by atoms with E-state index in [1.54, 1.807) is 4.90 Å². The number of Topliss-reactive ketones (excluding diaryl/α,β-unsaturated/α-hetero) is 2. The lowest BCUT2D eigenvalue weighted by atomic mass is 9.57. The molecule has 33 heavy (non-hydrogen) atoms. The number of phenols is 1. The lowest BCUT2D eigenvalue weighted by Gasteiger charge is -2.52. The summed E-state index contributed by atoms with van der Waals surface area (Å²) in [5.41, 5.74) is 6.25. The standard InChI is InChI=1S/C22H22FN3O7/c23-10-6-11(24)16(27)13-8(10)4-7-5-9-15(26-2-1-3-26)18(29)14(21(25)32)20(31)22(9,33)19(30)12(7)17(13)28/h6-7,9,15,27-28,31,33H,1-5,24H2,(H2,25,32)/t7-,9-,15-,22-/m0/s1. The third kappa shape index (κ3) is 2.57. The molecule has 1 aromatic rings. The summed E-state index contributed by atoms with van der Waals surface area (Å²) in [5.74, 6) is -8.50. The third-order valence-electron chi connectivity index (χ3n) is 7.42. The Kier molecular flexibility index (Phi) is 4.40. The summed E-state index contributed by atoms with van der Waals surface area (Å²) in [6, 6.07) is -0.186. The van der Waals surface area contributed by atoms with Crippen LogP contribution < -0.4 is 11.5 Å². The predicted octanol–water partition coefficient (Wildman–Crippen LogP) is -0.171. The molecule has 4 atom stereocenters. The minimum absolute atomic E-state index is 0.0496. The fourth-order valence-electron chi connectivity index (χ4n) is 5.73. The monoisotopic (exact) mass is 459 g/mol. The maximum atomic E-state index is 14.7. The largest absolute Gasteiger partial charge is 0.508 e. The predicted molar refractivity (Wildman–Crippen MR) is 111 cm³/mol. The molecule has 0 aromatic heterocycles. The Bertz CT molecular complexity index is 1220. The van der Waals surface area contributed by atoms with E-state index in [0.717, 1.165) is 12.5 Å². The number of amides is 1. The highest BCUT2D eigenvalue weighted by molar-refractivity contribution is 6.24. The maximum Gasteiger partial charge on any atom is 0.255 e. The van der Waals surface area contributed by atoms with Gasteiger partial charge in [0.1, 0.15) is 28.7 Å². The molecule has 174 valence electrons. The molecule has 1 saturated carbocycles. The van der Waals surface area contributed by atoms with Crippen LogP contribution in [0.25, 0.3) is 5.76 Å². The molecule has 0 spiro atoms. The van der Waals surface area contributed by atoms with Crippen molar-refractivity contribution in [3.63, 3.8) is 0 Å². The molecule has 5 rings (SSSR count). The number of benzene rings is 1. The Hall–Kier alpha value is -3.44. The van der Waals surface area contributed by atoms with Gasteiger partial charge in [0.2, 0.25) is 5.78 Å². The minimum Gasteiger partial charge on any atom is -0.508 e. The van der Waals surface area contributed by atoms with Gasteiger partial charge in [-0.3, -0.25) is 19.3 Å². The van der Waals surface area contributed by atoms with Gasteiger partial charge in [0.05, 0.1) is 17.3 Å². The molecule has 0 bridgehead atoms. The topological polar surface area (TPSA) is 187 Å². The molecule has 1 aliphatic heterocycles. The van der Waals surface area contributed by atoms with Crippen LogP contribution in [0.1, 0.15) is 24.0 Å².